The molecule has 0 aromatic heterocycles. The highest BCUT2D eigenvalue weighted by Gasteiger charge is 2.50. The molecule has 0 spiro atoms. The summed E-state index contributed by atoms with van der Waals surface area (Å²) in [7, 11) is 3.11. The number of rotatable bonds is 16. The van der Waals surface area contributed by atoms with Crippen molar-refractivity contribution < 1.29 is 33.0 Å². The third kappa shape index (κ3) is 8.66. The molecule has 0 aliphatic heterocycles. The fourth-order valence-corrected chi connectivity index (χ4v) is 6.10. The van der Waals surface area contributed by atoms with E-state index in [-0.39, 0.29) is 36.4 Å². The first-order chi connectivity index (χ1) is 21.0. The summed E-state index contributed by atoms with van der Waals surface area (Å²) in [6.45, 7) is 7.05. The molecule has 0 fully saturated rings. The number of hydrogen-bond acceptors (Lipinski definition) is 6. The maximum atomic E-state index is 14.6. The number of aliphatic hydroxyl groups is 1. The summed E-state index contributed by atoms with van der Waals surface area (Å²) >= 11 is 0. The van der Waals surface area contributed by atoms with E-state index >= 15 is 0 Å². The zero-order chi connectivity index (χ0) is 32.4. The van der Waals surface area contributed by atoms with E-state index in [2.05, 4.69) is 5.32 Å². The van der Waals surface area contributed by atoms with Crippen LogP contribution in [-0.4, -0.2) is 61.8 Å². The molecule has 3 atom stereocenters. The van der Waals surface area contributed by atoms with Gasteiger partial charge < -0.3 is 30.5 Å². The van der Waals surface area contributed by atoms with Crippen molar-refractivity contribution in [3.63, 3.8) is 0 Å². The maximum absolute atomic E-state index is 14.6. The molecule has 2 aromatic carbocycles. The van der Waals surface area contributed by atoms with Crippen LogP contribution in [0.25, 0.3) is 0 Å². The number of nitrogens with two attached hydrogens (primary N) is 1. The second-order valence-corrected chi connectivity index (χ2v) is 11.4. The smallest absolute Gasteiger partial charge is 0.244 e. The number of aliphatic hydroxyl groups excluding tert-OH is 1. The number of hydrogen-bond donors (Lipinski definition) is 3. The minimum absolute atomic E-state index is 0.0296. The van der Waals surface area contributed by atoms with Gasteiger partial charge in [0, 0.05) is 49.8 Å². The van der Waals surface area contributed by atoms with Gasteiger partial charge in [0.2, 0.25) is 11.8 Å². The van der Waals surface area contributed by atoms with Crippen molar-refractivity contribution in [3.05, 3.63) is 82.5 Å². The molecule has 0 saturated heterocycles. The number of amides is 2. The molecule has 10 heteroatoms. The van der Waals surface area contributed by atoms with Gasteiger partial charge in [0.25, 0.3) is 0 Å². The van der Waals surface area contributed by atoms with Crippen LogP contribution < -0.4 is 20.5 Å². The lowest BCUT2D eigenvalue weighted by Crippen LogP contribution is -2.54. The second-order valence-electron chi connectivity index (χ2n) is 11.4. The van der Waals surface area contributed by atoms with E-state index < -0.39 is 35.0 Å². The van der Waals surface area contributed by atoms with Gasteiger partial charge in [-0.3, -0.25) is 9.59 Å². The number of benzene rings is 2. The molecule has 8 nitrogen and oxygen atoms in total. The van der Waals surface area contributed by atoms with Gasteiger partial charge in [-0.25, -0.2) is 8.78 Å². The molecule has 0 bridgehead atoms. The quantitative estimate of drug-likeness (QED) is 0.253. The number of carbonyl (C=O) groups excluding carboxylic acids is 2. The summed E-state index contributed by atoms with van der Waals surface area (Å²) in [5.74, 6) is -2.10. The second kappa shape index (κ2) is 15.8. The average Bonchev–Trinajstić information content (AvgIpc) is 2.98. The summed E-state index contributed by atoms with van der Waals surface area (Å²) in [5, 5.41) is 15.1. The van der Waals surface area contributed by atoms with Crippen LogP contribution in [0.1, 0.15) is 51.2 Å². The molecule has 4 N–H and O–H groups in total. The molecule has 240 valence electrons. The topological polar surface area (TPSA) is 114 Å². The number of methoxy groups -OCH3 is 2. The van der Waals surface area contributed by atoms with Gasteiger partial charge in [0.15, 0.2) is 0 Å². The number of carbonyl (C=O) groups is 2. The SMILES string of the molecule is CCCN(CCC)C(=O)C1([C@H](Cc2cc(F)cc(F)c2)[C@@H](O)CNCc2cc(OC)cc(OC)c2)C=C(C)C=C(C(N)=O)C1. The van der Waals surface area contributed by atoms with E-state index in [1.807, 2.05) is 26.0 Å². The van der Waals surface area contributed by atoms with Crippen molar-refractivity contribution in [1.82, 2.24) is 10.2 Å². The molecule has 3 rings (SSSR count). The molecular formula is C34H45F2N3O5. The molecule has 0 heterocycles. The standard InChI is InChI=1S/C34H45F2N3O5/c1-6-8-39(9-7-2)33(42)34(18-22(3)10-25(19-34)32(37)41)30(15-23-11-26(35)16-27(36)12-23)31(40)21-38-20-24-13-28(43-4)17-29(14-24)44-5/h10-14,16-18,30-31,38,40H,6-9,15,19-21H2,1-5H3,(H2,37,41)/t30-,31+,34?/m1/s1. The molecule has 44 heavy (non-hydrogen) atoms. The number of nitrogens with zero attached hydrogens (tertiary/aromatic N) is 1. The van der Waals surface area contributed by atoms with Crippen molar-refractivity contribution in [2.45, 2.75) is 59.1 Å². The first kappa shape index (κ1) is 34.7. The maximum Gasteiger partial charge on any atom is 0.244 e. The van der Waals surface area contributed by atoms with Crippen LogP contribution in [0.4, 0.5) is 8.78 Å². The predicted octanol–water partition coefficient (Wildman–Crippen LogP) is 4.69. The molecule has 2 aromatic rings. The van der Waals surface area contributed by atoms with E-state index in [9.17, 15) is 23.5 Å². The van der Waals surface area contributed by atoms with Crippen molar-refractivity contribution in [2.75, 3.05) is 33.9 Å². The fourth-order valence-electron chi connectivity index (χ4n) is 6.10. The first-order valence-electron chi connectivity index (χ1n) is 15.0. The molecule has 1 aliphatic rings. The normalized spacial score (nSPS) is 17.7. The van der Waals surface area contributed by atoms with Gasteiger partial charge in [-0.05, 0) is 68.0 Å². The van der Waals surface area contributed by atoms with E-state index in [1.54, 1.807) is 44.3 Å². The molecule has 0 saturated carbocycles. The van der Waals surface area contributed by atoms with Crippen molar-refractivity contribution >= 4 is 11.8 Å². The average molecular weight is 614 g/mol. The van der Waals surface area contributed by atoms with Gasteiger partial charge in [-0.15, -0.1) is 0 Å². The van der Waals surface area contributed by atoms with Crippen LogP contribution >= 0.6 is 0 Å². The van der Waals surface area contributed by atoms with Crippen LogP contribution in [0, 0.1) is 23.0 Å². The lowest BCUT2D eigenvalue weighted by atomic mass is 9.63. The van der Waals surface area contributed by atoms with Crippen molar-refractivity contribution in [2.24, 2.45) is 17.1 Å². The molecular weight excluding hydrogens is 568 g/mol. The molecule has 1 aliphatic carbocycles. The van der Waals surface area contributed by atoms with Crippen molar-refractivity contribution in [1.29, 1.82) is 0 Å². The van der Waals surface area contributed by atoms with Gasteiger partial charge in [0.1, 0.15) is 23.1 Å². The Balaban J connectivity index is 2.08. The number of primary amides is 1. The van der Waals surface area contributed by atoms with Crippen LogP contribution in [0.15, 0.2) is 59.7 Å². The Hall–Kier alpha value is -3.76. The summed E-state index contributed by atoms with van der Waals surface area (Å²) < 4.78 is 39.4. The fraction of sp³-hybridized carbons (Fsp3) is 0.471. The van der Waals surface area contributed by atoms with E-state index in [1.165, 1.54) is 12.1 Å². The number of ether oxygens (including phenoxy) is 2. The van der Waals surface area contributed by atoms with Gasteiger partial charge >= 0.3 is 0 Å². The monoisotopic (exact) mass is 613 g/mol. The predicted molar refractivity (Wildman–Crippen MR) is 166 cm³/mol. The Labute approximate surface area is 258 Å². The Kier molecular flexibility index (Phi) is 12.5. The summed E-state index contributed by atoms with van der Waals surface area (Å²) in [5.41, 5.74) is 6.37. The van der Waals surface area contributed by atoms with Crippen molar-refractivity contribution in [3.8, 4) is 11.5 Å². The lowest BCUT2D eigenvalue weighted by molar-refractivity contribution is -0.145. The van der Waals surface area contributed by atoms with E-state index in [0.29, 0.717) is 49.5 Å². The minimum atomic E-state index is -1.41. The largest absolute Gasteiger partial charge is 0.497 e. The zero-order valence-electron chi connectivity index (χ0n) is 26.3. The van der Waals surface area contributed by atoms with Gasteiger partial charge in [-0.2, -0.15) is 0 Å². The van der Waals surface area contributed by atoms with E-state index in [4.69, 9.17) is 15.2 Å². The number of nitrogens with one attached hydrogen (secondary N) is 1. The van der Waals surface area contributed by atoms with Crippen LogP contribution in [0.3, 0.4) is 0 Å². The molecule has 1 unspecified atom stereocenters. The Bertz CT molecular complexity index is 1330. The lowest BCUT2D eigenvalue weighted by Gasteiger charge is -2.45. The number of allylic oxidation sites excluding steroid dienone is 2. The minimum Gasteiger partial charge on any atom is -0.497 e. The highest BCUT2D eigenvalue weighted by Crippen LogP contribution is 2.46. The third-order valence-electron chi connectivity index (χ3n) is 7.96. The van der Waals surface area contributed by atoms with Gasteiger partial charge in [0.05, 0.1) is 25.7 Å². The highest BCUT2D eigenvalue weighted by molar-refractivity contribution is 5.96. The Morgan fingerprint density at radius 2 is 1.59 bits per heavy atom. The summed E-state index contributed by atoms with van der Waals surface area (Å²) in [6, 6.07) is 8.62. The van der Waals surface area contributed by atoms with E-state index in [0.717, 1.165) is 11.6 Å². The van der Waals surface area contributed by atoms with Crippen LogP contribution in [0.2, 0.25) is 0 Å². The Morgan fingerprint density at radius 1 is 1.00 bits per heavy atom. The third-order valence-corrected chi connectivity index (χ3v) is 7.96. The van der Waals surface area contributed by atoms with Crippen LogP contribution in [0.5, 0.6) is 11.5 Å². The molecule has 0 radical (unpaired) electrons. The summed E-state index contributed by atoms with van der Waals surface area (Å²) in [6.07, 6.45) is 3.61. The number of halogens is 2. The Morgan fingerprint density at radius 3 is 2.11 bits per heavy atom. The zero-order valence-corrected chi connectivity index (χ0v) is 26.3. The van der Waals surface area contributed by atoms with Crippen LogP contribution in [-0.2, 0) is 22.6 Å². The summed E-state index contributed by atoms with van der Waals surface area (Å²) in [4.78, 5) is 28.9. The molecule has 2 amide bonds. The van der Waals surface area contributed by atoms with Gasteiger partial charge in [-0.1, -0.05) is 31.6 Å². The first-order valence-corrected chi connectivity index (χ1v) is 15.0. The highest BCUT2D eigenvalue weighted by atomic mass is 19.1.